The van der Waals surface area contributed by atoms with Gasteiger partial charge in [0.1, 0.15) is 0 Å². The van der Waals surface area contributed by atoms with Crippen molar-refractivity contribution in [1.29, 1.82) is 0 Å². The normalized spacial score (nSPS) is 15.8. The third kappa shape index (κ3) is 5.79. The van der Waals surface area contributed by atoms with Crippen LogP contribution >= 0.6 is 12.2 Å². The molecule has 0 aliphatic carbocycles. The van der Waals surface area contributed by atoms with E-state index in [2.05, 4.69) is 17.6 Å². The first-order valence-electron chi connectivity index (χ1n) is 11.2. The van der Waals surface area contributed by atoms with Crippen molar-refractivity contribution in [1.82, 2.24) is 10.2 Å². The van der Waals surface area contributed by atoms with Crippen molar-refractivity contribution in [2.75, 3.05) is 19.5 Å². The molecule has 0 radical (unpaired) electrons. The Morgan fingerprint density at radius 1 is 1.15 bits per heavy atom. The molecule has 0 saturated carbocycles. The van der Waals surface area contributed by atoms with E-state index < -0.39 is 12.0 Å². The second kappa shape index (κ2) is 11.1. The fourth-order valence-corrected chi connectivity index (χ4v) is 4.12. The standard InChI is InChI=1S/C26H31N3O3S/c1-5-6-7-9-18-12-14-19(15-13-18)24(30)27-21-11-8-10-20(16-21)23-22(25(31)32-4)17(2)29(3)26(33)28-23/h8,10-16,23H,5-7,9H2,1-4H3,(H,27,30)(H,28,33). The highest BCUT2D eigenvalue weighted by atomic mass is 32.1. The van der Waals surface area contributed by atoms with Gasteiger partial charge in [0.05, 0.1) is 18.7 Å². The summed E-state index contributed by atoms with van der Waals surface area (Å²) in [6, 6.07) is 14.7. The number of benzene rings is 2. The van der Waals surface area contributed by atoms with Gasteiger partial charge in [-0.15, -0.1) is 0 Å². The second-order valence-electron chi connectivity index (χ2n) is 8.17. The number of ether oxygens (including phenoxy) is 1. The smallest absolute Gasteiger partial charge is 0.337 e. The minimum Gasteiger partial charge on any atom is -0.466 e. The van der Waals surface area contributed by atoms with Gasteiger partial charge in [-0.2, -0.15) is 0 Å². The molecule has 2 aromatic rings. The number of nitrogens with zero attached hydrogens (tertiary/aromatic N) is 1. The monoisotopic (exact) mass is 465 g/mol. The maximum atomic E-state index is 12.8. The first-order valence-corrected chi connectivity index (χ1v) is 11.6. The highest BCUT2D eigenvalue weighted by molar-refractivity contribution is 7.80. The van der Waals surface area contributed by atoms with Gasteiger partial charge in [-0.25, -0.2) is 4.79 Å². The number of anilines is 1. The predicted molar refractivity (Wildman–Crippen MR) is 135 cm³/mol. The number of aryl methyl sites for hydroxylation is 1. The van der Waals surface area contributed by atoms with Crippen LogP contribution in [0.2, 0.25) is 0 Å². The number of amides is 1. The Kier molecular flexibility index (Phi) is 8.22. The van der Waals surface area contributed by atoms with Crippen LogP contribution in [0.1, 0.15) is 60.6 Å². The van der Waals surface area contributed by atoms with Crippen molar-refractivity contribution < 1.29 is 14.3 Å². The van der Waals surface area contributed by atoms with E-state index in [1.807, 2.05) is 55.5 Å². The zero-order valence-electron chi connectivity index (χ0n) is 19.6. The highest BCUT2D eigenvalue weighted by Gasteiger charge is 2.33. The van der Waals surface area contributed by atoms with Gasteiger partial charge in [0, 0.05) is 24.0 Å². The van der Waals surface area contributed by atoms with Crippen molar-refractivity contribution >= 4 is 34.9 Å². The molecule has 1 atom stereocenters. The van der Waals surface area contributed by atoms with Gasteiger partial charge in [-0.1, -0.05) is 44.0 Å². The molecule has 1 amide bonds. The van der Waals surface area contributed by atoms with Crippen LogP contribution in [-0.4, -0.2) is 36.0 Å². The molecule has 174 valence electrons. The molecule has 0 spiro atoms. The lowest BCUT2D eigenvalue weighted by Gasteiger charge is -2.35. The number of hydrogen-bond acceptors (Lipinski definition) is 4. The van der Waals surface area contributed by atoms with E-state index in [0.717, 1.165) is 24.1 Å². The van der Waals surface area contributed by atoms with Crippen LogP contribution in [0, 0.1) is 0 Å². The minimum atomic E-state index is -0.472. The van der Waals surface area contributed by atoms with Gasteiger partial charge in [0.15, 0.2) is 5.11 Å². The summed E-state index contributed by atoms with van der Waals surface area (Å²) in [6.45, 7) is 4.02. The zero-order valence-corrected chi connectivity index (χ0v) is 20.4. The van der Waals surface area contributed by atoms with Gasteiger partial charge < -0.3 is 20.3 Å². The number of methoxy groups -OCH3 is 1. The van der Waals surface area contributed by atoms with E-state index in [9.17, 15) is 9.59 Å². The number of allylic oxidation sites excluding steroid dienone is 1. The number of hydrogen-bond donors (Lipinski definition) is 2. The predicted octanol–water partition coefficient (Wildman–Crippen LogP) is 4.98. The van der Waals surface area contributed by atoms with Crippen molar-refractivity contribution in [2.24, 2.45) is 0 Å². The molecule has 3 rings (SSSR count). The number of nitrogens with one attached hydrogen (secondary N) is 2. The summed E-state index contributed by atoms with van der Waals surface area (Å²) < 4.78 is 5.01. The van der Waals surface area contributed by atoms with E-state index >= 15 is 0 Å². The van der Waals surface area contributed by atoms with Crippen LogP contribution in [0.5, 0.6) is 0 Å². The molecule has 2 aromatic carbocycles. The van der Waals surface area contributed by atoms with E-state index in [0.29, 0.717) is 21.9 Å². The number of thiocarbonyl (C=S) groups is 1. The molecule has 1 aliphatic heterocycles. The Morgan fingerprint density at radius 2 is 1.88 bits per heavy atom. The topological polar surface area (TPSA) is 70.7 Å². The molecule has 7 heteroatoms. The van der Waals surface area contributed by atoms with Crippen LogP contribution in [-0.2, 0) is 16.0 Å². The van der Waals surface area contributed by atoms with Crippen LogP contribution in [0.4, 0.5) is 5.69 Å². The molecule has 0 fully saturated rings. The summed E-state index contributed by atoms with van der Waals surface area (Å²) >= 11 is 5.43. The number of rotatable bonds is 8. The van der Waals surface area contributed by atoms with Gasteiger partial charge in [0.2, 0.25) is 0 Å². The Hall–Kier alpha value is -3.19. The maximum absolute atomic E-state index is 12.8. The molecule has 6 nitrogen and oxygen atoms in total. The van der Waals surface area contributed by atoms with Gasteiger partial charge in [-0.05, 0) is 67.4 Å². The average Bonchev–Trinajstić information content (AvgIpc) is 2.82. The summed E-state index contributed by atoms with van der Waals surface area (Å²) in [5, 5.41) is 6.67. The zero-order chi connectivity index (χ0) is 24.0. The molecule has 0 aromatic heterocycles. The lowest BCUT2D eigenvalue weighted by atomic mass is 9.95. The first-order chi connectivity index (χ1) is 15.8. The molecule has 0 bridgehead atoms. The molecule has 1 unspecified atom stereocenters. The molecule has 33 heavy (non-hydrogen) atoms. The fraction of sp³-hybridized carbons (Fsp3) is 0.346. The van der Waals surface area contributed by atoms with Crippen molar-refractivity contribution in [2.45, 2.75) is 45.6 Å². The van der Waals surface area contributed by atoms with Crippen LogP contribution in [0.15, 0.2) is 59.8 Å². The van der Waals surface area contributed by atoms with Gasteiger partial charge >= 0.3 is 5.97 Å². The Bertz CT molecular complexity index is 1060. The van der Waals surface area contributed by atoms with E-state index in [1.54, 1.807) is 11.9 Å². The summed E-state index contributed by atoms with van der Waals surface area (Å²) in [5.74, 6) is -0.605. The van der Waals surface area contributed by atoms with Crippen LogP contribution in [0.3, 0.4) is 0 Å². The third-order valence-electron chi connectivity index (χ3n) is 5.92. The van der Waals surface area contributed by atoms with Gasteiger partial charge in [-0.3, -0.25) is 4.79 Å². The van der Waals surface area contributed by atoms with Crippen molar-refractivity contribution in [3.8, 4) is 0 Å². The summed E-state index contributed by atoms with van der Waals surface area (Å²) in [4.78, 5) is 27.1. The van der Waals surface area contributed by atoms with Crippen LogP contribution in [0.25, 0.3) is 0 Å². The number of esters is 1. The molecule has 1 aliphatic rings. The molecule has 1 heterocycles. The Balaban J connectivity index is 1.78. The second-order valence-corrected chi connectivity index (χ2v) is 8.55. The van der Waals surface area contributed by atoms with Crippen molar-refractivity contribution in [3.05, 3.63) is 76.5 Å². The largest absolute Gasteiger partial charge is 0.466 e. The van der Waals surface area contributed by atoms with Crippen molar-refractivity contribution in [3.63, 3.8) is 0 Å². The number of carbonyl (C=O) groups excluding carboxylic acids is 2. The lowest BCUT2D eigenvalue weighted by Crippen LogP contribution is -2.46. The molecular weight excluding hydrogens is 434 g/mol. The summed E-state index contributed by atoms with van der Waals surface area (Å²) in [5.41, 5.74) is 4.49. The summed E-state index contributed by atoms with van der Waals surface area (Å²) in [6.07, 6.45) is 4.58. The van der Waals surface area contributed by atoms with E-state index in [-0.39, 0.29) is 5.91 Å². The molecular formula is C26H31N3O3S. The molecule has 2 N–H and O–H groups in total. The van der Waals surface area contributed by atoms with E-state index in [4.69, 9.17) is 17.0 Å². The SMILES string of the molecule is CCCCCc1ccc(C(=O)Nc2cccc(C3NC(=S)N(C)C(C)=C3C(=O)OC)c2)cc1. The quantitative estimate of drug-likeness (QED) is 0.326. The number of unbranched alkanes of at least 4 members (excludes halogenated alkanes) is 2. The lowest BCUT2D eigenvalue weighted by molar-refractivity contribution is -0.136. The Labute approximate surface area is 201 Å². The minimum absolute atomic E-state index is 0.181. The van der Waals surface area contributed by atoms with Gasteiger partial charge in [0.25, 0.3) is 5.91 Å². The highest BCUT2D eigenvalue weighted by Crippen LogP contribution is 2.31. The third-order valence-corrected chi connectivity index (χ3v) is 6.31. The maximum Gasteiger partial charge on any atom is 0.337 e. The summed E-state index contributed by atoms with van der Waals surface area (Å²) in [7, 11) is 3.16. The number of carbonyl (C=O) groups is 2. The van der Waals surface area contributed by atoms with E-state index in [1.165, 1.54) is 25.5 Å². The Morgan fingerprint density at radius 3 is 2.55 bits per heavy atom. The fourth-order valence-electron chi connectivity index (χ4n) is 3.86. The average molecular weight is 466 g/mol. The molecule has 0 saturated heterocycles. The van der Waals surface area contributed by atoms with Crippen LogP contribution < -0.4 is 10.6 Å². The first kappa shape index (κ1) is 24.5.